The lowest BCUT2D eigenvalue weighted by atomic mass is 9.82. The van der Waals surface area contributed by atoms with Gasteiger partial charge in [-0.1, -0.05) is 103 Å². The van der Waals surface area contributed by atoms with Gasteiger partial charge in [0.1, 0.15) is 21.3 Å². The van der Waals surface area contributed by atoms with Crippen LogP contribution in [0.3, 0.4) is 0 Å². The number of aromatic nitrogens is 3. The first-order chi connectivity index (χ1) is 29.5. The highest BCUT2D eigenvalue weighted by Crippen LogP contribution is 2.53. The molecule has 1 aliphatic carbocycles. The molecule has 60 heavy (non-hydrogen) atoms. The molecule has 282 valence electrons. The minimum Gasteiger partial charge on any atom is -0.455 e. The lowest BCUT2D eigenvalue weighted by molar-refractivity contribution is 0.443. The van der Waals surface area contributed by atoms with E-state index in [9.17, 15) is 8.42 Å². The topological polar surface area (TPSA) is 66.1 Å². The maximum absolute atomic E-state index is 14.4. The lowest BCUT2D eigenvalue weighted by Crippen LogP contribution is -2.12. The number of nitrogens with zero attached hydrogens (tertiary/aromatic N) is 3. The van der Waals surface area contributed by atoms with Gasteiger partial charge in [-0.3, -0.25) is 4.98 Å². The highest BCUT2D eigenvalue weighted by molar-refractivity contribution is 7.91. The number of ether oxygens (including phenoxy) is 1. The average molecular weight is 790 g/mol. The van der Waals surface area contributed by atoms with E-state index in [2.05, 4.69) is 149 Å². The van der Waals surface area contributed by atoms with Gasteiger partial charge in [0, 0.05) is 50.2 Å². The van der Waals surface area contributed by atoms with Crippen molar-refractivity contribution in [1.82, 2.24) is 14.1 Å². The fourth-order valence-electron chi connectivity index (χ4n) is 9.76. The molecule has 0 radical (unpaired) electrons. The Bertz CT molecular complexity index is 3680. The normalized spacial score (nSPS) is 13.4. The van der Waals surface area contributed by atoms with Crippen LogP contribution in [0.2, 0.25) is 0 Å². The molecule has 6 nitrogen and oxygen atoms in total. The summed E-state index contributed by atoms with van der Waals surface area (Å²) in [5.74, 6) is 0.603. The molecule has 0 spiro atoms. The van der Waals surface area contributed by atoms with Crippen molar-refractivity contribution < 1.29 is 13.2 Å². The molecular weight excluding hydrogens is 759 g/mol. The Morgan fingerprint density at radius 1 is 0.383 bits per heavy atom. The van der Waals surface area contributed by atoms with Gasteiger partial charge in [0.2, 0.25) is 9.84 Å². The molecule has 4 heterocycles. The summed E-state index contributed by atoms with van der Waals surface area (Å²) in [6.07, 6.45) is 1.80. The first-order valence-electron chi connectivity index (χ1n) is 19.9. The second-order valence-electron chi connectivity index (χ2n) is 15.5. The molecule has 2 aliphatic rings. The van der Waals surface area contributed by atoms with Crippen LogP contribution in [0.5, 0.6) is 11.5 Å². The first-order valence-corrected chi connectivity index (χ1v) is 21.4. The van der Waals surface area contributed by atoms with Crippen LogP contribution >= 0.6 is 0 Å². The number of para-hydroxylation sites is 5. The monoisotopic (exact) mass is 789 g/mol. The van der Waals surface area contributed by atoms with Gasteiger partial charge in [0.05, 0.1) is 27.8 Å². The zero-order chi connectivity index (χ0) is 39.7. The molecule has 0 saturated carbocycles. The highest BCUT2D eigenvalue weighted by Gasteiger charge is 2.34. The minimum atomic E-state index is -3.92. The fraction of sp³-hybridized carbons (Fsp3) is 0. The largest absolute Gasteiger partial charge is 0.455 e. The molecule has 0 amide bonds. The standard InChI is InChI=1S/C53H31N3O3S/c57-60(58)51-22-10-9-21-49(51)59-50-30-44-43(31-52(50)60)35-26-24-33(56-47-19-7-3-14-38(47)39-15-4-8-20-48(39)56)29-42(35)41-28-32(23-25-34(41)40-16-11-27-54-53(40)44)55-45-17-5-1-12-36(45)37-13-2-6-18-46(37)55/h1-31H. The maximum Gasteiger partial charge on any atom is 0.213 e. The minimum absolute atomic E-state index is 0.134. The number of pyridine rings is 1. The van der Waals surface area contributed by atoms with E-state index in [-0.39, 0.29) is 15.5 Å². The number of hydrogen-bond donors (Lipinski definition) is 0. The zero-order valence-corrected chi connectivity index (χ0v) is 32.7. The third-order valence-corrected chi connectivity index (χ3v) is 14.2. The van der Waals surface area contributed by atoms with Gasteiger partial charge in [0.15, 0.2) is 0 Å². The second-order valence-corrected chi connectivity index (χ2v) is 17.4. The molecule has 0 saturated heterocycles. The van der Waals surface area contributed by atoms with Crippen molar-refractivity contribution in [3.63, 3.8) is 0 Å². The van der Waals surface area contributed by atoms with Crippen molar-refractivity contribution in [2.45, 2.75) is 9.79 Å². The second kappa shape index (κ2) is 12.1. The molecule has 3 aromatic heterocycles. The number of sulfone groups is 1. The summed E-state index contributed by atoms with van der Waals surface area (Å²) < 4.78 is 39.9. The van der Waals surface area contributed by atoms with Gasteiger partial charge in [-0.25, -0.2) is 8.42 Å². The SMILES string of the molecule is O=S1(=O)c2ccccc2Oc2cc3c(cc21)-c1ccc(-n2c4ccccc4c4ccccc42)cc1-c1cc(-n2c4ccccc4c4ccccc42)ccc1-c1cccnc1-3. The van der Waals surface area contributed by atoms with Gasteiger partial charge in [-0.2, -0.15) is 0 Å². The quantitative estimate of drug-likeness (QED) is 0.175. The molecule has 7 heteroatoms. The van der Waals surface area contributed by atoms with Crippen LogP contribution in [0.15, 0.2) is 198 Å². The van der Waals surface area contributed by atoms with Crippen molar-refractivity contribution in [1.29, 1.82) is 0 Å². The van der Waals surface area contributed by atoms with E-state index < -0.39 is 9.84 Å². The molecule has 0 N–H and O–H groups in total. The van der Waals surface area contributed by atoms with E-state index in [4.69, 9.17) is 9.72 Å². The van der Waals surface area contributed by atoms with E-state index in [1.165, 1.54) is 21.5 Å². The Morgan fingerprint density at radius 3 is 1.43 bits per heavy atom. The molecule has 0 atom stereocenters. The van der Waals surface area contributed by atoms with Crippen LogP contribution < -0.4 is 4.74 Å². The third-order valence-electron chi connectivity index (χ3n) is 12.3. The molecule has 0 unspecified atom stereocenters. The Hall–Kier alpha value is -7.74. The summed E-state index contributed by atoms with van der Waals surface area (Å²) in [7, 11) is -3.92. The van der Waals surface area contributed by atoms with Gasteiger partial charge >= 0.3 is 0 Å². The number of fused-ring (bicyclic) bond motifs is 16. The van der Waals surface area contributed by atoms with Crippen LogP contribution in [0, 0.1) is 0 Å². The molecule has 0 bridgehead atoms. The number of hydrogen-bond acceptors (Lipinski definition) is 4. The molecule has 1 aliphatic heterocycles. The van der Waals surface area contributed by atoms with E-state index in [1.807, 2.05) is 12.1 Å². The van der Waals surface area contributed by atoms with Gasteiger partial charge in [-0.05, 0) is 107 Å². The summed E-state index contributed by atoms with van der Waals surface area (Å²) >= 11 is 0. The Kier molecular flexibility index (Phi) is 6.73. The summed E-state index contributed by atoms with van der Waals surface area (Å²) in [5, 5.41) is 4.73. The highest BCUT2D eigenvalue weighted by atomic mass is 32.2. The zero-order valence-electron chi connectivity index (χ0n) is 31.9. The van der Waals surface area contributed by atoms with Crippen LogP contribution in [-0.2, 0) is 9.84 Å². The predicted molar refractivity (Wildman–Crippen MR) is 240 cm³/mol. The van der Waals surface area contributed by atoms with Crippen LogP contribution in [0.4, 0.5) is 0 Å². The summed E-state index contributed by atoms with van der Waals surface area (Å²) in [6.45, 7) is 0. The Labute approximate surface area is 344 Å². The van der Waals surface area contributed by atoms with E-state index >= 15 is 0 Å². The van der Waals surface area contributed by atoms with Crippen LogP contribution in [-0.4, -0.2) is 22.5 Å². The molecule has 13 rings (SSSR count). The van der Waals surface area contributed by atoms with E-state index in [0.717, 1.165) is 78.1 Å². The molecule has 11 aromatic rings. The summed E-state index contributed by atoms with van der Waals surface area (Å²) in [4.78, 5) is 5.32. The summed E-state index contributed by atoms with van der Waals surface area (Å²) in [6, 6.07) is 62.0. The van der Waals surface area contributed by atoms with Crippen molar-refractivity contribution >= 4 is 53.4 Å². The van der Waals surface area contributed by atoms with Crippen LogP contribution in [0.1, 0.15) is 0 Å². The summed E-state index contributed by atoms with van der Waals surface area (Å²) in [5.41, 5.74) is 13.6. The van der Waals surface area contributed by atoms with E-state index in [0.29, 0.717) is 5.75 Å². The van der Waals surface area contributed by atoms with Crippen molar-refractivity contribution in [3.05, 3.63) is 188 Å². The predicted octanol–water partition coefficient (Wildman–Crippen LogP) is 13.2. The molecule has 8 aromatic carbocycles. The average Bonchev–Trinajstić information content (AvgIpc) is 3.81. The fourth-order valence-corrected chi connectivity index (χ4v) is 11.3. The number of rotatable bonds is 2. The van der Waals surface area contributed by atoms with Gasteiger partial charge < -0.3 is 13.9 Å². The third kappa shape index (κ3) is 4.52. The Morgan fingerprint density at radius 2 is 0.867 bits per heavy atom. The first kappa shape index (κ1) is 33.3. The van der Waals surface area contributed by atoms with Gasteiger partial charge in [0.25, 0.3) is 0 Å². The maximum atomic E-state index is 14.4. The Balaban J connectivity index is 1.15. The van der Waals surface area contributed by atoms with Crippen molar-refractivity contribution in [3.8, 4) is 67.5 Å². The van der Waals surface area contributed by atoms with Gasteiger partial charge in [-0.15, -0.1) is 0 Å². The molecule has 0 fully saturated rings. The van der Waals surface area contributed by atoms with Crippen LogP contribution in [0.25, 0.3) is 99.6 Å². The lowest BCUT2D eigenvalue weighted by Gasteiger charge is -2.27. The van der Waals surface area contributed by atoms with Crippen molar-refractivity contribution in [2.75, 3.05) is 0 Å². The van der Waals surface area contributed by atoms with Crippen molar-refractivity contribution in [2.24, 2.45) is 0 Å². The smallest absolute Gasteiger partial charge is 0.213 e. The number of benzene rings is 8. The van der Waals surface area contributed by atoms with E-state index in [1.54, 1.807) is 36.5 Å². The molecular formula is C53H31N3O3S.